The third-order valence-electron chi connectivity index (χ3n) is 8.77. The summed E-state index contributed by atoms with van der Waals surface area (Å²) in [5.74, 6) is 1.28. The molecule has 5 rings (SSSR count). The summed E-state index contributed by atoms with van der Waals surface area (Å²) in [7, 11) is 0. The Morgan fingerprint density at radius 3 is 2.38 bits per heavy atom. The van der Waals surface area contributed by atoms with Crippen molar-refractivity contribution in [2.24, 2.45) is 5.92 Å². The number of benzene rings is 3. The SMILES string of the molecule is CC(C)NCc1ccc(-c2ccc(CN3CCCC(c4ccccc4)C3)cc2)c(C(=O)NCC2CCCCC2)c1. The lowest BCUT2D eigenvalue weighted by Gasteiger charge is -2.33. The van der Waals surface area contributed by atoms with E-state index in [4.69, 9.17) is 0 Å². The Hall–Kier alpha value is -2.95. The van der Waals surface area contributed by atoms with Crippen LogP contribution in [0.5, 0.6) is 0 Å². The van der Waals surface area contributed by atoms with Crippen molar-refractivity contribution in [3.05, 3.63) is 95.1 Å². The van der Waals surface area contributed by atoms with Crippen LogP contribution in [0.1, 0.15) is 91.8 Å². The van der Waals surface area contributed by atoms with Gasteiger partial charge in [-0.15, -0.1) is 0 Å². The smallest absolute Gasteiger partial charge is 0.251 e. The van der Waals surface area contributed by atoms with Crippen LogP contribution in [-0.2, 0) is 13.1 Å². The Morgan fingerprint density at radius 1 is 0.875 bits per heavy atom. The fourth-order valence-electron chi connectivity index (χ4n) is 6.43. The zero-order chi connectivity index (χ0) is 27.7. The summed E-state index contributed by atoms with van der Waals surface area (Å²) < 4.78 is 0. The number of piperidine rings is 1. The molecule has 1 saturated heterocycles. The zero-order valence-corrected chi connectivity index (χ0v) is 24.5. The Kier molecular flexibility index (Phi) is 10.1. The molecule has 0 bridgehead atoms. The summed E-state index contributed by atoms with van der Waals surface area (Å²) in [6.07, 6.45) is 8.90. The Labute approximate surface area is 241 Å². The zero-order valence-electron chi connectivity index (χ0n) is 24.5. The number of amides is 1. The first kappa shape index (κ1) is 28.6. The lowest BCUT2D eigenvalue weighted by molar-refractivity contribution is 0.0944. The maximum absolute atomic E-state index is 13.5. The fourth-order valence-corrected chi connectivity index (χ4v) is 6.43. The average Bonchev–Trinajstić information content (AvgIpc) is 3.00. The van der Waals surface area contributed by atoms with Gasteiger partial charge >= 0.3 is 0 Å². The van der Waals surface area contributed by atoms with Gasteiger partial charge < -0.3 is 10.6 Å². The number of nitrogens with one attached hydrogen (secondary N) is 2. The predicted molar refractivity (Wildman–Crippen MR) is 166 cm³/mol. The Bertz CT molecular complexity index is 1210. The van der Waals surface area contributed by atoms with Crippen molar-refractivity contribution in [1.82, 2.24) is 15.5 Å². The van der Waals surface area contributed by atoms with Crippen molar-refractivity contribution in [2.75, 3.05) is 19.6 Å². The molecule has 40 heavy (non-hydrogen) atoms. The molecular weight excluding hydrogens is 490 g/mol. The van der Waals surface area contributed by atoms with Crippen LogP contribution in [0.4, 0.5) is 0 Å². The van der Waals surface area contributed by atoms with Gasteiger partial charge in [-0.3, -0.25) is 9.69 Å². The quantitative estimate of drug-likeness (QED) is 0.281. The van der Waals surface area contributed by atoms with Crippen molar-refractivity contribution in [1.29, 1.82) is 0 Å². The topological polar surface area (TPSA) is 44.4 Å². The van der Waals surface area contributed by atoms with E-state index in [0.717, 1.165) is 55.0 Å². The number of carbonyl (C=O) groups is 1. The highest BCUT2D eigenvalue weighted by Gasteiger charge is 2.22. The van der Waals surface area contributed by atoms with E-state index in [9.17, 15) is 4.79 Å². The van der Waals surface area contributed by atoms with Crippen molar-refractivity contribution in [2.45, 2.75) is 83.8 Å². The predicted octanol–water partition coefficient (Wildman–Crippen LogP) is 7.54. The van der Waals surface area contributed by atoms with Crippen LogP contribution < -0.4 is 10.6 Å². The minimum absolute atomic E-state index is 0.0521. The normalized spacial score (nSPS) is 18.6. The minimum Gasteiger partial charge on any atom is -0.352 e. The number of likely N-dealkylation sites (tertiary alicyclic amines) is 1. The van der Waals surface area contributed by atoms with Gasteiger partial charge in [0.25, 0.3) is 5.91 Å². The third kappa shape index (κ3) is 7.83. The largest absolute Gasteiger partial charge is 0.352 e. The van der Waals surface area contributed by atoms with Crippen LogP contribution in [-0.4, -0.2) is 36.5 Å². The van der Waals surface area contributed by atoms with Gasteiger partial charge in [-0.1, -0.05) is 99.8 Å². The molecule has 4 nitrogen and oxygen atoms in total. The van der Waals surface area contributed by atoms with Crippen molar-refractivity contribution in [3.63, 3.8) is 0 Å². The second-order valence-electron chi connectivity index (χ2n) is 12.3. The Morgan fingerprint density at radius 2 is 1.62 bits per heavy atom. The molecule has 1 atom stereocenters. The van der Waals surface area contributed by atoms with E-state index in [1.54, 1.807) is 0 Å². The molecule has 1 aliphatic carbocycles. The highest BCUT2D eigenvalue weighted by molar-refractivity contribution is 6.01. The molecule has 1 amide bonds. The highest BCUT2D eigenvalue weighted by Crippen LogP contribution is 2.30. The average molecular weight is 538 g/mol. The lowest BCUT2D eigenvalue weighted by Crippen LogP contribution is -2.33. The van der Waals surface area contributed by atoms with Crippen LogP contribution in [0.3, 0.4) is 0 Å². The maximum atomic E-state index is 13.5. The number of hydrogen-bond donors (Lipinski definition) is 2. The number of rotatable bonds is 10. The summed E-state index contributed by atoms with van der Waals surface area (Å²) in [5, 5.41) is 6.78. The monoisotopic (exact) mass is 537 g/mol. The van der Waals surface area contributed by atoms with E-state index in [-0.39, 0.29) is 5.91 Å². The first-order valence-electron chi connectivity index (χ1n) is 15.6. The van der Waals surface area contributed by atoms with Crippen LogP contribution in [0.15, 0.2) is 72.8 Å². The van der Waals surface area contributed by atoms with E-state index in [1.807, 2.05) is 0 Å². The second kappa shape index (κ2) is 14.1. The summed E-state index contributed by atoms with van der Waals surface area (Å²) in [6.45, 7) is 9.09. The standard InChI is InChI=1S/C36H47N3O/c1-27(2)37-24-30-17-20-34(35(22-30)36(40)38-23-28-10-5-3-6-11-28)32-18-15-29(16-19-32)25-39-21-9-14-33(26-39)31-12-7-4-8-13-31/h4,7-8,12-13,15-20,22,27-28,33,37H,3,5-6,9-11,14,21,23-26H2,1-2H3,(H,38,40). The van der Waals surface area contributed by atoms with Gasteiger partial charge in [0.05, 0.1) is 0 Å². The van der Waals surface area contributed by atoms with Crippen molar-refractivity contribution in [3.8, 4) is 11.1 Å². The molecule has 3 aromatic carbocycles. The fraction of sp³-hybridized carbons (Fsp3) is 0.472. The van der Waals surface area contributed by atoms with Gasteiger partial charge in [0.2, 0.25) is 0 Å². The van der Waals surface area contributed by atoms with E-state index in [2.05, 4.69) is 102 Å². The van der Waals surface area contributed by atoms with Crippen LogP contribution in [0.25, 0.3) is 11.1 Å². The van der Waals surface area contributed by atoms with Gasteiger partial charge in [-0.25, -0.2) is 0 Å². The lowest BCUT2D eigenvalue weighted by atomic mass is 9.89. The molecule has 3 aromatic rings. The summed E-state index contributed by atoms with van der Waals surface area (Å²) in [4.78, 5) is 16.1. The molecule has 1 saturated carbocycles. The molecule has 4 heteroatoms. The van der Waals surface area contributed by atoms with E-state index < -0.39 is 0 Å². The number of hydrogen-bond acceptors (Lipinski definition) is 3. The minimum atomic E-state index is 0.0521. The molecule has 2 fully saturated rings. The molecule has 2 N–H and O–H groups in total. The van der Waals surface area contributed by atoms with E-state index in [1.165, 1.54) is 56.1 Å². The maximum Gasteiger partial charge on any atom is 0.251 e. The molecule has 0 spiro atoms. The van der Waals surface area contributed by atoms with Crippen molar-refractivity contribution < 1.29 is 4.79 Å². The van der Waals surface area contributed by atoms with Gasteiger partial charge in [-0.05, 0) is 77.9 Å². The molecule has 212 valence electrons. The molecular formula is C36H47N3O. The van der Waals surface area contributed by atoms with Gasteiger partial charge in [-0.2, -0.15) is 0 Å². The van der Waals surface area contributed by atoms with E-state index >= 15 is 0 Å². The first-order valence-corrected chi connectivity index (χ1v) is 15.6. The first-order chi connectivity index (χ1) is 19.5. The second-order valence-corrected chi connectivity index (χ2v) is 12.3. The highest BCUT2D eigenvalue weighted by atomic mass is 16.1. The summed E-state index contributed by atoms with van der Waals surface area (Å²) in [6, 6.07) is 26.7. The summed E-state index contributed by atoms with van der Waals surface area (Å²) in [5.41, 5.74) is 6.85. The molecule has 1 aliphatic heterocycles. The number of nitrogens with zero attached hydrogens (tertiary/aromatic N) is 1. The van der Waals surface area contributed by atoms with E-state index in [0.29, 0.717) is 17.9 Å². The molecule has 1 heterocycles. The molecule has 0 radical (unpaired) electrons. The van der Waals surface area contributed by atoms with Crippen LogP contribution in [0.2, 0.25) is 0 Å². The summed E-state index contributed by atoms with van der Waals surface area (Å²) >= 11 is 0. The van der Waals surface area contributed by atoms with Crippen LogP contribution >= 0.6 is 0 Å². The molecule has 2 aliphatic rings. The Balaban J connectivity index is 1.28. The molecule has 0 aromatic heterocycles. The number of carbonyl (C=O) groups excluding carboxylic acids is 1. The molecule has 1 unspecified atom stereocenters. The van der Waals surface area contributed by atoms with Gasteiger partial charge in [0.1, 0.15) is 0 Å². The third-order valence-corrected chi connectivity index (χ3v) is 8.77. The van der Waals surface area contributed by atoms with Crippen LogP contribution in [0, 0.1) is 5.92 Å². The van der Waals surface area contributed by atoms with Gasteiger partial charge in [0, 0.05) is 37.8 Å². The van der Waals surface area contributed by atoms with Gasteiger partial charge in [0.15, 0.2) is 0 Å². The van der Waals surface area contributed by atoms with Crippen molar-refractivity contribution >= 4 is 5.91 Å².